The lowest BCUT2D eigenvalue weighted by Crippen LogP contribution is -2.12. The van der Waals surface area contributed by atoms with Crippen molar-refractivity contribution >= 4 is 73.7 Å². The first-order valence-corrected chi connectivity index (χ1v) is 8.22. The maximum absolute atomic E-state index is 10.5. The van der Waals surface area contributed by atoms with Crippen LogP contribution in [0.4, 0.5) is 0 Å². The predicted molar refractivity (Wildman–Crippen MR) is 91.7 cm³/mol. The summed E-state index contributed by atoms with van der Waals surface area (Å²) in [6.07, 6.45) is 2.04. The maximum atomic E-state index is 10.5. The number of hydrogen-bond acceptors (Lipinski definition) is 2. The molecule has 0 amide bonds. The summed E-state index contributed by atoms with van der Waals surface area (Å²) >= 11 is 6.72. The van der Waals surface area contributed by atoms with Gasteiger partial charge in [-0.1, -0.05) is 13.3 Å². The first-order valence-electron chi connectivity index (χ1n) is 4.98. The van der Waals surface area contributed by atoms with Crippen LogP contribution in [0.3, 0.4) is 0 Å². The second kappa shape index (κ2) is 7.31. The lowest BCUT2D eigenvalue weighted by atomic mass is 10.1. The molecular weight excluding hydrogens is 561 g/mol. The molecule has 0 spiro atoms. The fourth-order valence-corrected chi connectivity index (χ4v) is 5.58. The average Bonchev–Trinajstić information content (AvgIpc) is 2.23. The number of halogens is 3. The molecule has 0 aliphatic rings. The highest BCUT2D eigenvalue weighted by Crippen LogP contribution is 2.34. The Kier molecular flexibility index (Phi) is 6.77. The fourth-order valence-electron chi connectivity index (χ4n) is 1.36. The van der Waals surface area contributed by atoms with Crippen molar-refractivity contribution in [2.24, 2.45) is 0 Å². The highest BCUT2D eigenvalue weighted by Gasteiger charge is 2.15. The molecule has 0 unspecified atom stereocenters. The number of ether oxygens (including phenoxy) is 1. The molecule has 0 heterocycles. The second-order valence-electron chi connectivity index (χ2n) is 3.39. The minimum absolute atomic E-state index is 0.293. The van der Waals surface area contributed by atoms with Crippen LogP contribution in [0.15, 0.2) is 6.07 Å². The largest absolute Gasteiger partial charge is 0.480 e. The molecule has 0 saturated heterocycles. The molecule has 0 aliphatic heterocycles. The minimum Gasteiger partial charge on any atom is -0.480 e. The smallest absolute Gasteiger partial charge is 0.341 e. The Bertz CT molecular complexity index is 432. The standard InChI is InChI=1S/C11H11I3O3/c1-2-3-6-7(12)4-8(13)11(10(6)14)17-5-9(15)16/h4H,2-3,5H2,1H3,(H,15,16). The van der Waals surface area contributed by atoms with E-state index in [1.165, 1.54) is 9.13 Å². The Morgan fingerprint density at radius 1 is 1.35 bits per heavy atom. The summed E-state index contributed by atoms with van der Waals surface area (Å²) in [6, 6.07) is 2.03. The Balaban J connectivity index is 3.11. The summed E-state index contributed by atoms with van der Waals surface area (Å²) in [7, 11) is 0. The number of rotatable bonds is 5. The Morgan fingerprint density at radius 2 is 2.00 bits per heavy atom. The number of carbonyl (C=O) groups is 1. The van der Waals surface area contributed by atoms with E-state index in [1.54, 1.807) is 0 Å². The molecule has 1 aromatic carbocycles. The summed E-state index contributed by atoms with van der Waals surface area (Å²) in [4.78, 5) is 10.5. The van der Waals surface area contributed by atoms with Gasteiger partial charge in [-0.3, -0.25) is 0 Å². The van der Waals surface area contributed by atoms with Gasteiger partial charge in [-0.05, 0) is 85.8 Å². The lowest BCUT2D eigenvalue weighted by molar-refractivity contribution is -0.139. The van der Waals surface area contributed by atoms with Crippen molar-refractivity contribution in [1.82, 2.24) is 0 Å². The lowest BCUT2D eigenvalue weighted by Gasteiger charge is -2.14. The fraction of sp³-hybridized carbons (Fsp3) is 0.364. The summed E-state index contributed by atoms with van der Waals surface area (Å²) in [5.41, 5.74) is 1.24. The van der Waals surface area contributed by atoms with Crippen LogP contribution in [0.1, 0.15) is 18.9 Å². The zero-order valence-corrected chi connectivity index (χ0v) is 15.6. The molecule has 0 saturated carbocycles. The van der Waals surface area contributed by atoms with Crippen molar-refractivity contribution in [2.75, 3.05) is 6.61 Å². The quantitative estimate of drug-likeness (QED) is 0.545. The van der Waals surface area contributed by atoms with Crippen LogP contribution < -0.4 is 4.74 Å². The Morgan fingerprint density at radius 3 is 2.53 bits per heavy atom. The zero-order valence-electron chi connectivity index (χ0n) is 9.10. The van der Waals surface area contributed by atoms with Gasteiger partial charge >= 0.3 is 5.97 Å². The molecule has 6 heteroatoms. The van der Waals surface area contributed by atoms with E-state index in [2.05, 4.69) is 74.7 Å². The molecule has 0 atom stereocenters. The van der Waals surface area contributed by atoms with E-state index in [0.29, 0.717) is 5.75 Å². The van der Waals surface area contributed by atoms with E-state index in [0.717, 1.165) is 20.0 Å². The van der Waals surface area contributed by atoms with Gasteiger partial charge in [0.15, 0.2) is 6.61 Å². The van der Waals surface area contributed by atoms with Crippen molar-refractivity contribution in [1.29, 1.82) is 0 Å². The number of carboxylic acids is 1. The van der Waals surface area contributed by atoms with E-state index < -0.39 is 5.97 Å². The van der Waals surface area contributed by atoms with Crippen molar-refractivity contribution in [3.63, 3.8) is 0 Å². The number of carboxylic acid groups (broad SMARTS) is 1. The van der Waals surface area contributed by atoms with Crippen molar-refractivity contribution < 1.29 is 14.6 Å². The highest BCUT2D eigenvalue weighted by atomic mass is 127. The van der Waals surface area contributed by atoms with E-state index >= 15 is 0 Å². The van der Waals surface area contributed by atoms with Gasteiger partial charge in [0.25, 0.3) is 0 Å². The van der Waals surface area contributed by atoms with Gasteiger partial charge in [-0.15, -0.1) is 0 Å². The van der Waals surface area contributed by atoms with Gasteiger partial charge < -0.3 is 9.84 Å². The van der Waals surface area contributed by atoms with E-state index in [-0.39, 0.29) is 6.61 Å². The van der Waals surface area contributed by atoms with Crippen molar-refractivity contribution in [2.45, 2.75) is 19.8 Å². The molecule has 0 radical (unpaired) electrons. The number of hydrogen-bond donors (Lipinski definition) is 1. The monoisotopic (exact) mass is 572 g/mol. The summed E-state index contributed by atoms with van der Waals surface area (Å²) in [5, 5.41) is 8.65. The third-order valence-electron chi connectivity index (χ3n) is 2.06. The average molecular weight is 572 g/mol. The Labute approximate surface area is 141 Å². The molecular formula is C11H11I3O3. The van der Waals surface area contributed by atoms with Crippen LogP contribution >= 0.6 is 67.8 Å². The number of benzene rings is 1. The molecule has 3 nitrogen and oxygen atoms in total. The second-order valence-corrected chi connectivity index (χ2v) is 6.80. The third kappa shape index (κ3) is 4.37. The normalized spacial score (nSPS) is 10.4. The van der Waals surface area contributed by atoms with Gasteiger partial charge in [0.05, 0.1) is 7.14 Å². The van der Waals surface area contributed by atoms with Crippen molar-refractivity contribution in [3.8, 4) is 5.75 Å². The topological polar surface area (TPSA) is 46.5 Å². The van der Waals surface area contributed by atoms with Gasteiger partial charge in [0, 0.05) is 3.57 Å². The summed E-state index contributed by atoms with van der Waals surface area (Å²) in [6.45, 7) is 1.83. The summed E-state index contributed by atoms with van der Waals surface area (Å²) in [5.74, 6) is -0.260. The molecule has 0 aliphatic carbocycles. The van der Waals surface area contributed by atoms with E-state index in [1.807, 2.05) is 6.07 Å². The molecule has 94 valence electrons. The molecule has 1 aromatic rings. The van der Waals surface area contributed by atoms with Gasteiger partial charge in [-0.2, -0.15) is 0 Å². The summed E-state index contributed by atoms with van der Waals surface area (Å²) < 4.78 is 8.55. The van der Waals surface area contributed by atoms with Crippen LogP contribution in [0.25, 0.3) is 0 Å². The third-order valence-corrected chi connectivity index (χ3v) is 4.97. The van der Waals surface area contributed by atoms with Gasteiger partial charge in [-0.25, -0.2) is 4.79 Å². The Hall–Kier alpha value is 0.680. The van der Waals surface area contributed by atoms with Crippen LogP contribution in [-0.2, 0) is 11.2 Å². The molecule has 0 aromatic heterocycles. The highest BCUT2D eigenvalue weighted by molar-refractivity contribution is 14.1. The molecule has 17 heavy (non-hydrogen) atoms. The zero-order chi connectivity index (χ0) is 13.0. The predicted octanol–water partition coefficient (Wildman–Crippen LogP) is 3.92. The SMILES string of the molecule is CCCc1c(I)cc(I)c(OCC(=O)O)c1I. The maximum Gasteiger partial charge on any atom is 0.341 e. The van der Waals surface area contributed by atoms with Crippen LogP contribution in [0.2, 0.25) is 0 Å². The molecule has 1 rings (SSSR count). The van der Waals surface area contributed by atoms with E-state index in [4.69, 9.17) is 9.84 Å². The van der Waals surface area contributed by atoms with Gasteiger partial charge in [0.1, 0.15) is 5.75 Å². The molecule has 1 N–H and O–H groups in total. The minimum atomic E-state index is -0.952. The first kappa shape index (κ1) is 15.7. The number of aliphatic carboxylic acids is 1. The first-order chi connectivity index (χ1) is 7.97. The van der Waals surface area contributed by atoms with Crippen LogP contribution in [0.5, 0.6) is 5.75 Å². The molecule has 0 bridgehead atoms. The van der Waals surface area contributed by atoms with Crippen LogP contribution in [-0.4, -0.2) is 17.7 Å². The van der Waals surface area contributed by atoms with Crippen molar-refractivity contribution in [3.05, 3.63) is 22.3 Å². The van der Waals surface area contributed by atoms with Crippen LogP contribution in [0, 0.1) is 10.7 Å². The molecule has 0 fully saturated rings. The van der Waals surface area contributed by atoms with E-state index in [9.17, 15) is 4.79 Å². The van der Waals surface area contributed by atoms with Gasteiger partial charge in [0.2, 0.25) is 0 Å².